The first-order valence-corrected chi connectivity index (χ1v) is 6.75. The van der Waals surface area contributed by atoms with Crippen molar-refractivity contribution in [3.05, 3.63) is 21.5 Å². The van der Waals surface area contributed by atoms with Crippen molar-refractivity contribution in [2.45, 2.75) is 18.7 Å². The van der Waals surface area contributed by atoms with E-state index >= 15 is 0 Å². The van der Waals surface area contributed by atoms with Crippen LogP contribution in [0.1, 0.15) is 22.8 Å². The average Bonchev–Trinajstić information content (AvgIpc) is 2.25. The summed E-state index contributed by atoms with van der Waals surface area (Å²) in [7, 11) is -2.64. The van der Waals surface area contributed by atoms with Gasteiger partial charge >= 0.3 is 0 Å². The van der Waals surface area contributed by atoms with Crippen LogP contribution in [0.3, 0.4) is 0 Å². The molecule has 0 bridgehead atoms. The zero-order chi connectivity index (χ0) is 14.2. The van der Waals surface area contributed by atoms with E-state index in [9.17, 15) is 23.1 Å². The summed E-state index contributed by atoms with van der Waals surface area (Å²) in [6.45, 7) is 2.65. The molecule has 1 amide bonds. The summed E-state index contributed by atoms with van der Waals surface area (Å²) in [4.78, 5) is 22.6. The van der Waals surface area contributed by atoms with Crippen molar-refractivity contribution in [1.29, 1.82) is 0 Å². The van der Waals surface area contributed by atoms with Gasteiger partial charge in [0.1, 0.15) is 10.5 Å². The highest BCUT2D eigenvalue weighted by Gasteiger charge is 2.27. The molecule has 0 unspecified atom stereocenters. The van der Waals surface area contributed by atoms with Crippen molar-refractivity contribution in [2.75, 3.05) is 5.75 Å². The Hall–Kier alpha value is -1.83. The minimum Gasteiger partial charge on any atom is -0.494 e. The number of carbonyl (C=O) groups is 1. The van der Waals surface area contributed by atoms with Crippen molar-refractivity contribution in [1.82, 2.24) is 4.57 Å². The third-order valence-corrected chi connectivity index (χ3v) is 4.56. The number of primary amides is 1. The van der Waals surface area contributed by atoms with Crippen LogP contribution in [0.2, 0.25) is 0 Å². The molecule has 7 nitrogen and oxygen atoms in total. The number of rotatable bonds is 3. The Morgan fingerprint density at radius 1 is 1.44 bits per heavy atom. The van der Waals surface area contributed by atoms with Gasteiger partial charge in [0.25, 0.3) is 11.5 Å². The van der Waals surface area contributed by atoms with Crippen LogP contribution in [0.25, 0.3) is 0 Å². The third-order valence-electron chi connectivity index (χ3n) is 2.69. The molecule has 100 valence electrons. The number of pyridine rings is 1. The van der Waals surface area contributed by atoms with E-state index in [1.165, 1.54) is 13.8 Å². The lowest BCUT2D eigenvalue weighted by Crippen LogP contribution is -2.30. The average molecular weight is 274 g/mol. The molecule has 1 heterocycles. The van der Waals surface area contributed by atoms with E-state index in [1.807, 2.05) is 0 Å². The highest BCUT2D eigenvalue weighted by atomic mass is 32.2. The van der Waals surface area contributed by atoms with Crippen molar-refractivity contribution < 1.29 is 18.3 Å². The van der Waals surface area contributed by atoms with E-state index in [1.54, 1.807) is 0 Å². The van der Waals surface area contributed by atoms with Crippen LogP contribution in [0.4, 0.5) is 0 Å². The number of amides is 1. The van der Waals surface area contributed by atoms with Crippen LogP contribution in [0.5, 0.6) is 5.88 Å². The van der Waals surface area contributed by atoms with E-state index in [0.717, 1.165) is 7.05 Å². The van der Waals surface area contributed by atoms with E-state index in [0.29, 0.717) is 4.57 Å². The van der Waals surface area contributed by atoms with Gasteiger partial charge in [-0.05, 0) is 12.5 Å². The minimum absolute atomic E-state index is 0.120. The summed E-state index contributed by atoms with van der Waals surface area (Å²) in [6.07, 6.45) is 0. The maximum absolute atomic E-state index is 11.9. The number of nitrogens with two attached hydrogens (primary N) is 1. The fourth-order valence-electron chi connectivity index (χ4n) is 1.66. The van der Waals surface area contributed by atoms with Crippen LogP contribution in [0.15, 0.2) is 9.69 Å². The van der Waals surface area contributed by atoms with E-state index in [4.69, 9.17) is 5.73 Å². The second-order valence-corrected chi connectivity index (χ2v) is 6.00. The smallest absolute Gasteiger partial charge is 0.272 e. The predicted molar refractivity (Wildman–Crippen MR) is 64.3 cm³/mol. The normalized spacial score (nSPS) is 11.5. The molecular formula is C10H14N2O5S. The lowest BCUT2D eigenvalue weighted by Gasteiger charge is -2.13. The van der Waals surface area contributed by atoms with Crippen LogP contribution in [-0.2, 0) is 16.9 Å². The zero-order valence-corrected chi connectivity index (χ0v) is 11.0. The molecule has 3 N–H and O–H groups in total. The number of hydrogen-bond donors (Lipinski definition) is 2. The van der Waals surface area contributed by atoms with Gasteiger partial charge in [0, 0.05) is 7.05 Å². The van der Waals surface area contributed by atoms with Crippen LogP contribution < -0.4 is 11.3 Å². The topological polar surface area (TPSA) is 119 Å². The Balaban J connectivity index is 3.98. The lowest BCUT2D eigenvalue weighted by molar-refractivity contribution is 0.0995. The third kappa shape index (κ3) is 1.99. The SMILES string of the molecule is CCS(=O)(=O)c1c(C)c(C(N)=O)c(O)n(C)c1=O. The first-order valence-electron chi connectivity index (χ1n) is 5.10. The van der Waals surface area contributed by atoms with E-state index < -0.39 is 32.1 Å². The van der Waals surface area contributed by atoms with E-state index in [2.05, 4.69) is 0 Å². The molecule has 0 radical (unpaired) electrons. The lowest BCUT2D eigenvalue weighted by atomic mass is 10.1. The number of aromatic hydroxyl groups is 1. The largest absolute Gasteiger partial charge is 0.494 e. The fourth-order valence-corrected chi connectivity index (χ4v) is 2.92. The highest BCUT2D eigenvalue weighted by molar-refractivity contribution is 7.91. The summed E-state index contributed by atoms with van der Waals surface area (Å²) in [5.41, 5.74) is 3.72. The summed E-state index contributed by atoms with van der Waals surface area (Å²) >= 11 is 0. The Morgan fingerprint density at radius 3 is 2.33 bits per heavy atom. The molecule has 18 heavy (non-hydrogen) atoms. The Morgan fingerprint density at radius 2 is 1.94 bits per heavy atom. The molecule has 0 saturated carbocycles. The molecule has 0 aliphatic rings. The molecule has 1 aromatic heterocycles. The summed E-state index contributed by atoms with van der Waals surface area (Å²) < 4.78 is 24.4. The molecule has 8 heteroatoms. The fraction of sp³-hybridized carbons (Fsp3) is 0.400. The predicted octanol–water partition coefficient (Wildman–Crippen LogP) is -0.708. The summed E-state index contributed by atoms with van der Waals surface area (Å²) in [6, 6.07) is 0. The van der Waals surface area contributed by atoms with Crippen LogP contribution >= 0.6 is 0 Å². The van der Waals surface area contributed by atoms with Crippen molar-refractivity contribution in [3.8, 4) is 5.88 Å². The van der Waals surface area contributed by atoms with Crippen molar-refractivity contribution >= 4 is 15.7 Å². The molecule has 0 aromatic carbocycles. The standard InChI is InChI=1S/C10H14N2O5S/c1-4-18(16,17)7-5(2)6(8(11)13)9(14)12(3)10(7)15/h14H,4H2,1-3H3,(H2,11,13). The Labute approximate surface area is 104 Å². The molecule has 1 rings (SSSR count). The van der Waals surface area contributed by atoms with Gasteiger partial charge in [0.2, 0.25) is 5.88 Å². The maximum atomic E-state index is 11.9. The molecular weight excluding hydrogens is 260 g/mol. The van der Waals surface area contributed by atoms with Crippen LogP contribution in [0, 0.1) is 6.92 Å². The second-order valence-electron chi connectivity index (χ2n) is 3.78. The quantitative estimate of drug-likeness (QED) is 0.754. The molecule has 0 saturated heterocycles. The monoisotopic (exact) mass is 274 g/mol. The van der Waals surface area contributed by atoms with Gasteiger partial charge < -0.3 is 10.8 Å². The first-order chi connectivity index (χ1) is 8.15. The summed E-state index contributed by atoms with van der Waals surface area (Å²) in [5, 5.41) is 9.66. The molecule has 0 aliphatic heterocycles. The van der Waals surface area contributed by atoms with Crippen LogP contribution in [-0.4, -0.2) is 29.8 Å². The highest BCUT2D eigenvalue weighted by Crippen LogP contribution is 2.23. The van der Waals surface area contributed by atoms with Gasteiger partial charge in [0.15, 0.2) is 9.84 Å². The van der Waals surface area contributed by atoms with Gasteiger partial charge in [-0.1, -0.05) is 6.92 Å². The van der Waals surface area contributed by atoms with Crippen molar-refractivity contribution in [2.24, 2.45) is 12.8 Å². The molecule has 0 aliphatic carbocycles. The molecule has 1 aromatic rings. The van der Waals surface area contributed by atoms with Gasteiger partial charge in [0.05, 0.1) is 5.75 Å². The van der Waals surface area contributed by atoms with Gasteiger partial charge in [-0.2, -0.15) is 0 Å². The Kier molecular flexibility index (Phi) is 3.52. The zero-order valence-electron chi connectivity index (χ0n) is 10.2. The molecule has 0 spiro atoms. The van der Waals surface area contributed by atoms with E-state index in [-0.39, 0.29) is 16.9 Å². The maximum Gasteiger partial charge on any atom is 0.272 e. The van der Waals surface area contributed by atoms with Gasteiger partial charge in [-0.25, -0.2) is 8.42 Å². The number of sulfone groups is 1. The second kappa shape index (κ2) is 4.45. The number of hydrogen-bond acceptors (Lipinski definition) is 5. The first kappa shape index (κ1) is 14.2. The van der Waals surface area contributed by atoms with Gasteiger partial charge in [-0.3, -0.25) is 14.2 Å². The number of nitrogens with zero attached hydrogens (tertiary/aromatic N) is 1. The Bertz CT molecular complexity index is 672. The molecule has 0 fully saturated rings. The minimum atomic E-state index is -3.81. The number of carbonyl (C=O) groups excluding carboxylic acids is 1. The molecule has 0 atom stereocenters. The summed E-state index contributed by atoms with van der Waals surface area (Å²) in [5.74, 6) is -1.92. The van der Waals surface area contributed by atoms with Crippen molar-refractivity contribution in [3.63, 3.8) is 0 Å². The van der Waals surface area contributed by atoms with Gasteiger partial charge in [-0.15, -0.1) is 0 Å². The number of aromatic nitrogens is 1.